The zero-order valence-electron chi connectivity index (χ0n) is 9.38. The minimum absolute atomic E-state index is 0.291. The molecule has 0 amide bonds. The Bertz CT molecular complexity index is 464. The van der Waals surface area contributed by atoms with Gasteiger partial charge in [0, 0.05) is 16.7 Å². The Balaban J connectivity index is 2.46. The van der Waals surface area contributed by atoms with E-state index >= 15 is 0 Å². The molecule has 0 bridgehead atoms. The van der Waals surface area contributed by atoms with Gasteiger partial charge in [-0.15, -0.1) is 11.6 Å². The van der Waals surface area contributed by atoms with Gasteiger partial charge in [-0.3, -0.25) is 0 Å². The summed E-state index contributed by atoms with van der Waals surface area (Å²) in [5.41, 5.74) is 0.489. The first-order chi connectivity index (χ1) is 7.92. The average molecular weight is 275 g/mol. The topological polar surface area (TPSA) is 20.2 Å². The first-order valence-electron chi connectivity index (χ1n) is 5.39. The molecule has 92 valence electrons. The highest BCUT2D eigenvalue weighted by Crippen LogP contribution is 2.55. The van der Waals surface area contributed by atoms with Gasteiger partial charge in [0.1, 0.15) is 11.4 Å². The quantitative estimate of drug-likeness (QED) is 0.829. The van der Waals surface area contributed by atoms with Crippen LogP contribution < -0.4 is 0 Å². The Morgan fingerprint density at radius 3 is 2.53 bits per heavy atom. The van der Waals surface area contributed by atoms with Crippen LogP contribution in [0, 0.1) is 5.82 Å². The highest BCUT2D eigenvalue weighted by Gasteiger charge is 2.57. The summed E-state index contributed by atoms with van der Waals surface area (Å²) < 4.78 is 13.7. The van der Waals surface area contributed by atoms with Gasteiger partial charge in [0.2, 0.25) is 0 Å². The Hall–Kier alpha value is -0.570. The number of hydrogen-bond donors (Lipinski definition) is 1. The minimum Gasteiger partial charge on any atom is -0.384 e. The number of benzene rings is 1. The Morgan fingerprint density at radius 1 is 1.47 bits per heavy atom. The van der Waals surface area contributed by atoms with E-state index in [2.05, 4.69) is 0 Å². The second-order valence-electron chi connectivity index (χ2n) is 4.54. The fraction of sp³-hybridized carbons (Fsp3) is 0.385. The van der Waals surface area contributed by atoms with E-state index in [1.54, 1.807) is 25.1 Å². The lowest BCUT2D eigenvalue weighted by atomic mass is 9.86. The molecule has 1 saturated carbocycles. The van der Waals surface area contributed by atoms with E-state index in [1.165, 1.54) is 11.6 Å². The van der Waals surface area contributed by atoms with Gasteiger partial charge in [0.05, 0.1) is 4.87 Å². The van der Waals surface area contributed by atoms with Crippen LogP contribution in [-0.2, 0) is 0 Å². The molecule has 1 atom stereocenters. The summed E-state index contributed by atoms with van der Waals surface area (Å²) in [6, 6.07) is 6.20. The third kappa shape index (κ3) is 2.10. The maximum atomic E-state index is 13.7. The van der Waals surface area contributed by atoms with Gasteiger partial charge in [0.25, 0.3) is 0 Å². The van der Waals surface area contributed by atoms with Crippen molar-refractivity contribution in [1.82, 2.24) is 0 Å². The summed E-state index contributed by atoms with van der Waals surface area (Å²) in [4.78, 5) is -0.726. The van der Waals surface area contributed by atoms with E-state index in [4.69, 9.17) is 23.2 Å². The molecule has 17 heavy (non-hydrogen) atoms. The number of aliphatic hydroxyl groups is 1. The fourth-order valence-electron chi connectivity index (χ4n) is 1.94. The highest BCUT2D eigenvalue weighted by molar-refractivity contribution is 6.31. The van der Waals surface area contributed by atoms with E-state index < -0.39 is 16.3 Å². The van der Waals surface area contributed by atoms with Crippen LogP contribution in [0.3, 0.4) is 0 Å². The molecule has 1 nitrogen and oxygen atoms in total. The van der Waals surface area contributed by atoms with Crippen LogP contribution in [0.5, 0.6) is 0 Å². The predicted octanol–water partition coefficient (Wildman–Crippen LogP) is 3.93. The van der Waals surface area contributed by atoms with Crippen LogP contribution in [0.15, 0.2) is 29.8 Å². The number of halogens is 3. The first kappa shape index (κ1) is 12.9. The lowest BCUT2D eigenvalue weighted by Gasteiger charge is -2.31. The van der Waals surface area contributed by atoms with Crippen molar-refractivity contribution < 1.29 is 9.50 Å². The fourth-order valence-corrected chi connectivity index (χ4v) is 2.47. The molecule has 1 aromatic carbocycles. The van der Waals surface area contributed by atoms with E-state index in [0.29, 0.717) is 24.0 Å². The molecule has 1 fully saturated rings. The monoisotopic (exact) mass is 274 g/mol. The zero-order valence-corrected chi connectivity index (χ0v) is 10.9. The summed E-state index contributed by atoms with van der Waals surface area (Å²) >= 11 is 12.0. The van der Waals surface area contributed by atoms with E-state index in [-0.39, 0.29) is 0 Å². The molecule has 1 aromatic rings. The van der Waals surface area contributed by atoms with Crippen molar-refractivity contribution in [1.29, 1.82) is 0 Å². The Labute approximate surface area is 110 Å². The summed E-state index contributed by atoms with van der Waals surface area (Å²) in [5.74, 6) is -0.416. The zero-order chi connectivity index (χ0) is 12.7. The van der Waals surface area contributed by atoms with Crippen LogP contribution in [0.25, 0.3) is 5.57 Å². The first-order valence-corrected chi connectivity index (χ1v) is 6.21. The van der Waals surface area contributed by atoms with Crippen molar-refractivity contribution in [3.63, 3.8) is 0 Å². The molecule has 0 spiro atoms. The third-order valence-corrected chi connectivity index (χ3v) is 4.32. The maximum Gasteiger partial charge on any atom is 0.130 e. The second-order valence-corrected chi connectivity index (χ2v) is 5.48. The lowest BCUT2D eigenvalue weighted by Crippen LogP contribution is -2.38. The predicted molar refractivity (Wildman–Crippen MR) is 68.7 cm³/mol. The molecule has 1 aliphatic rings. The smallest absolute Gasteiger partial charge is 0.130 e. The van der Waals surface area contributed by atoms with E-state index in [9.17, 15) is 9.50 Å². The molecule has 2 rings (SSSR count). The summed E-state index contributed by atoms with van der Waals surface area (Å²) in [6.45, 7) is 1.58. The molecule has 1 aliphatic carbocycles. The molecule has 4 heteroatoms. The van der Waals surface area contributed by atoms with Gasteiger partial charge < -0.3 is 5.11 Å². The molecule has 0 radical (unpaired) electrons. The third-order valence-electron chi connectivity index (χ3n) is 3.36. The lowest BCUT2D eigenvalue weighted by molar-refractivity contribution is 0.109. The molecule has 0 heterocycles. The standard InChI is InChI=1S/C13H13Cl2FO/c1-12(17,13(15)6-7-13)10(8-14)9-4-2-3-5-11(9)16/h2-5,8,17H,6-7H2,1H3. The molecular formula is C13H13Cl2FO. The highest BCUT2D eigenvalue weighted by atomic mass is 35.5. The number of hydrogen-bond acceptors (Lipinski definition) is 1. The largest absolute Gasteiger partial charge is 0.384 e. The van der Waals surface area contributed by atoms with Crippen molar-refractivity contribution in [3.8, 4) is 0 Å². The van der Waals surface area contributed by atoms with Gasteiger partial charge in [-0.05, 0) is 25.8 Å². The van der Waals surface area contributed by atoms with Crippen LogP contribution in [0.4, 0.5) is 4.39 Å². The SMILES string of the molecule is CC(O)(C(=CCl)c1ccccc1F)C1(Cl)CC1. The Kier molecular flexibility index (Phi) is 3.23. The summed E-state index contributed by atoms with van der Waals surface area (Å²) in [5, 5.41) is 10.5. The molecule has 0 aromatic heterocycles. The van der Waals surface area contributed by atoms with Crippen LogP contribution in [-0.4, -0.2) is 15.6 Å². The van der Waals surface area contributed by atoms with Gasteiger partial charge in [0.15, 0.2) is 0 Å². The second kappa shape index (κ2) is 4.27. The van der Waals surface area contributed by atoms with Crippen LogP contribution >= 0.6 is 23.2 Å². The molecule has 0 aliphatic heterocycles. The van der Waals surface area contributed by atoms with Gasteiger partial charge in [-0.25, -0.2) is 4.39 Å². The summed E-state index contributed by atoms with van der Waals surface area (Å²) in [6.07, 6.45) is 1.40. The molecular weight excluding hydrogens is 262 g/mol. The van der Waals surface area contributed by atoms with Gasteiger partial charge in [-0.1, -0.05) is 29.8 Å². The molecule has 1 N–H and O–H groups in total. The van der Waals surface area contributed by atoms with Crippen LogP contribution in [0.2, 0.25) is 0 Å². The van der Waals surface area contributed by atoms with Gasteiger partial charge in [-0.2, -0.15) is 0 Å². The van der Waals surface area contributed by atoms with Gasteiger partial charge >= 0.3 is 0 Å². The summed E-state index contributed by atoms with van der Waals surface area (Å²) in [7, 11) is 0. The van der Waals surface area contributed by atoms with Crippen molar-refractivity contribution in [2.45, 2.75) is 30.2 Å². The number of alkyl halides is 1. The van der Waals surface area contributed by atoms with Crippen LogP contribution in [0.1, 0.15) is 25.3 Å². The normalized spacial score (nSPS) is 22.1. The van der Waals surface area contributed by atoms with E-state index in [1.807, 2.05) is 0 Å². The Morgan fingerprint density at radius 2 is 2.06 bits per heavy atom. The minimum atomic E-state index is -1.33. The molecule has 0 saturated heterocycles. The number of rotatable bonds is 3. The molecule has 1 unspecified atom stereocenters. The van der Waals surface area contributed by atoms with Crippen molar-refractivity contribution in [3.05, 3.63) is 41.2 Å². The van der Waals surface area contributed by atoms with Crippen molar-refractivity contribution in [2.24, 2.45) is 0 Å². The average Bonchev–Trinajstić information content (AvgIpc) is 3.02. The maximum absolute atomic E-state index is 13.7. The van der Waals surface area contributed by atoms with E-state index in [0.717, 1.165) is 0 Å². The van der Waals surface area contributed by atoms with Crippen molar-refractivity contribution in [2.75, 3.05) is 0 Å². The van der Waals surface area contributed by atoms with Crippen molar-refractivity contribution >= 4 is 28.8 Å².